The largest absolute Gasteiger partial charge is 0.458 e. The van der Waals surface area contributed by atoms with Crippen LogP contribution in [0.4, 0.5) is 0 Å². The van der Waals surface area contributed by atoms with E-state index in [-0.39, 0.29) is 30.0 Å². The topological polar surface area (TPSA) is 52.6 Å². The fraction of sp³-hybridized carbons (Fsp3) is 0.750. The number of ether oxygens (including phenoxy) is 2. The number of methoxy groups -OCH3 is 1. The zero-order valence-corrected chi connectivity index (χ0v) is 13.1. The number of rotatable bonds is 6. The van der Waals surface area contributed by atoms with E-state index in [1.807, 2.05) is 20.8 Å². The molecule has 0 N–H and O–H groups in total. The molecule has 1 aliphatic heterocycles. The second-order valence-corrected chi connectivity index (χ2v) is 5.89. The van der Waals surface area contributed by atoms with Crippen LogP contribution in [0.1, 0.15) is 40.5 Å². The van der Waals surface area contributed by atoms with Crippen LogP contribution in [0.5, 0.6) is 0 Å². The van der Waals surface area contributed by atoms with Crippen LogP contribution >= 0.6 is 0 Å². The van der Waals surface area contributed by atoms with E-state index >= 15 is 0 Å². The zero-order valence-electron chi connectivity index (χ0n) is 13.1. The molecule has 1 heterocycles. The standard InChI is InChI=1S/C16H26O4/c1-10-6-7-14(18)20-16(10)12(3)8-11(2)15(19-5)13(4)9-17/h8-11,13,15-16H,6-7H2,1-5H3/b12-8+/t10-,11+,13+,15-,16+/m1/s1. The highest BCUT2D eigenvalue weighted by atomic mass is 16.5. The molecule has 114 valence electrons. The molecule has 0 unspecified atom stereocenters. The molecule has 0 aliphatic carbocycles. The molecule has 0 saturated carbocycles. The normalized spacial score (nSPS) is 28.4. The van der Waals surface area contributed by atoms with Gasteiger partial charge < -0.3 is 14.3 Å². The second-order valence-electron chi connectivity index (χ2n) is 5.89. The van der Waals surface area contributed by atoms with E-state index in [2.05, 4.69) is 13.0 Å². The van der Waals surface area contributed by atoms with Crippen LogP contribution in [0, 0.1) is 17.8 Å². The third-order valence-electron chi connectivity index (χ3n) is 4.08. The van der Waals surface area contributed by atoms with E-state index in [0.29, 0.717) is 12.3 Å². The average Bonchev–Trinajstić information content (AvgIpc) is 2.41. The van der Waals surface area contributed by atoms with Crippen LogP contribution in [0.15, 0.2) is 11.6 Å². The molecule has 0 radical (unpaired) electrons. The SMILES string of the molecule is CO[C@@H]([C@@H](C)C=O)[C@@H](C)/C=C(\C)[C@H]1OC(=O)CC[C@H]1C. The fourth-order valence-electron chi connectivity index (χ4n) is 2.95. The van der Waals surface area contributed by atoms with Crippen molar-refractivity contribution in [2.75, 3.05) is 7.11 Å². The van der Waals surface area contributed by atoms with E-state index < -0.39 is 0 Å². The molecule has 1 rings (SSSR count). The molecular formula is C16H26O4. The highest BCUT2D eigenvalue weighted by Crippen LogP contribution is 2.28. The minimum atomic E-state index is -0.162. The highest BCUT2D eigenvalue weighted by molar-refractivity contribution is 5.70. The summed E-state index contributed by atoms with van der Waals surface area (Å²) >= 11 is 0. The van der Waals surface area contributed by atoms with E-state index in [0.717, 1.165) is 18.3 Å². The Kier molecular flexibility index (Phi) is 6.40. The molecule has 5 atom stereocenters. The van der Waals surface area contributed by atoms with Crippen molar-refractivity contribution >= 4 is 12.3 Å². The Balaban J connectivity index is 2.80. The lowest BCUT2D eigenvalue weighted by atomic mass is 9.87. The van der Waals surface area contributed by atoms with Gasteiger partial charge in [0.15, 0.2) is 0 Å². The summed E-state index contributed by atoms with van der Waals surface area (Å²) in [6.45, 7) is 7.95. The second kappa shape index (κ2) is 7.58. The Labute approximate surface area is 121 Å². The minimum Gasteiger partial charge on any atom is -0.458 e. The number of carbonyl (C=O) groups is 2. The van der Waals surface area contributed by atoms with Gasteiger partial charge in [-0.25, -0.2) is 0 Å². The van der Waals surface area contributed by atoms with Crippen molar-refractivity contribution < 1.29 is 19.1 Å². The Morgan fingerprint density at radius 2 is 2.05 bits per heavy atom. The van der Waals surface area contributed by atoms with E-state index in [1.54, 1.807) is 7.11 Å². The van der Waals surface area contributed by atoms with Crippen LogP contribution in [0.3, 0.4) is 0 Å². The monoisotopic (exact) mass is 282 g/mol. The molecule has 0 aromatic heterocycles. The average molecular weight is 282 g/mol. The van der Waals surface area contributed by atoms with E-state index in [4.69, 9.17) is 9.47 Å². The Morgan fingerprint density at radius 1 is 1.40 bits per heavy atom. The lowest BCUT2D eigenvalue weighted by molar-refractivity contribution is -0.154. The van der Waals surface area contributed by atoms with Gasteiger partial charge in [0.25, 0.3) is 0 Å². The molecule has 20 heavy (non-hydrogen) atoms. The van der Waals surface area contributed by atoms with Crippen molar-refractivity contribution in [2.24, 2.45) is 17.8 Å². The quantitative estimate of drug-likeness (QED) is 0.427. The number of esters is 1. The van der Waals surface area contributed by atoms with Crippen LogP contribution in [0.2, 0.25) is 0 Å². The molecule has 0 aromatic carbocycles. The number of cyclic esters (lactones) is 1. The first-order valence-corrected chi connectivity index (χ1v) is 7.26. The predicted molar refractivity (Wildman–Crippen MR) is 77.2 cm³/mol. The molecule has 0 spiro atoms. The molecule has 0 aromatic rings. The van der Waals surface area contributed by atoms with Crippen molar-refractivity contribution in [3.05, 3.63) is 11.6 Å². The summed E-state index contributed by atoms with van der Waals surface area (Å²) in [5.41, 5.74) is 1.04. The summed E-state index contributed by atoms with van der Waals surface area (Å²) in [6.07, 6.45) is 4.04. The summed E-state index contributed by atoms with van der Waals surface area (Å²) in [5, 5.41) is 0. The molecule has 1 aliphatic rings. The lowest BCUT2D eigenvalue weighted by Crippen LogP contribution is -2.33. The third-order valence-corrected chi connectivity index (χ3v) is 4.08. The molecule has 1 saturated heterocycles. The predicted octanol–water partition coefficient (Wildman–Crippen LogP) is 2.76. The highest BCUT2D eigenvalue weighted by Gasteiger charge is 2.30. The van der Waals surface area contributed by atoms with Gasteiger partial charge in [0, 0.05) is 25.4 Å². The maximum atomic E-state index is 11.4. The molecule has 4 heteroatoms. The number of aldehydes is 1. The zero-order chi connectivity index (χ0) is 15.3. The number of hydrogen-bond donors (Lipinski definition) is 0. The Bertz CT molecular complexity index is 375. The maximum Gasteiger partial charge on any atom is 0.306 e. The van der Waals surface area contributed by atoms with Gasteiger partial charge in [-0.1, -0.05) is 26.8 Å². The van der Waals surface area contributed by atoms with Gasteiger partial charge in [-0.3, -0.25) is 4.79 Å². The van der Waals surface area contributed by atoms with Crippen LogP contribution in [0.25, 0.3) is 0 Å². The maximum absolute atomic E-state index is 11.4. The first-order valence-electron chi connectivity index (χ1n) is 7.26. The smallest absolute Gasteiger partial charge is 0.306 e. The van der Waals surface area contributed by atoms with Crippen molar-refractivity contribution in [1.29, 1.82) is 0 Å². The Morgan fingerprint density at radius 3 is 2.60 bits per heavy atom. The van der Waals surface area contributed by atoms with Crippen LogP contribution < -0.4 is 0 Å². The van der Waals surface area contributed by atoms with Gasteiger partial charge in [-0.05, 0) is 24.8 Å². The van der Waals surface area contributed by atoms with Gasteiger partial charge in [-0.15, -0.1) is 0 Å². The first kappa shape index (κ1) is 16.9. The fourth-order valence-corrected chi connectivity index (χ4v) is 2.95. The van der Waals surface area contributed by atoms with Crippen LogP contribution in [-0.2, 0) is 19.1 Å². The summed E-state index contributed by atoms with van der Waals surface area (Å²) in [7, 11) is 1.62. The Hall–Kier alpha value is -1.16. The minimum absolute atomic E-state index is 0.0908. The third kappa shape index (κ3) is 4.17. The van der Waals surface area contributed by atoms with Crippen molar-refractivity contribution in [3.63, 3.8) is 0 Å². The van der Waals surface area contributed by atoms with Gasteiger partial charge in [0.05, 0.1) is 6.10 Å². The summed E-state index contributed by atoms with van der Waals surface area (Å²) in [6, 6.07) is 0. The van der Waals surface area contributed by atoms with Crippen LogP contribution in [-0.4, -0.2) is 31.6 Å². The lowest BCUT2D eigenvalue weighted by Gasteiger charge is -2.31. The van der Waals surface area contributed by atoms with E-state index in [1.165, 1.54) is 0 Å². The number of hydrogen-bond acceptors (Lipinski definition) is 4. The molecule has 4 nitrogen and oxygen atoms in total. The molecule has 1 fully saturated rings. The first-order chi connectivity index (χ1) is 9.40. The van der Waals surface area contributed by atoms with Gasteiger partial charge in [-0.2, -0.15) is 0 Å². The van der Waals surface area contributed by atoms with Gasteiger partial charge in [0.1, 0.15) is 12.4 Å². The van der Waals surface area contributed by atoms with Crippen molar-refractivity contribution in [1.82, 2.24) is 0 Å². The number of carbonyl (C=O) groups excluding carboxylic acids is 2. The summed E-state index contributed by atoms with van der Waals surface area (Å²) in [5.74, 6) is 0.136. The molecule has 0 bridgehead atoms. The van der Waals surface area contributed by atoms with E-state index in [9.17, 15) is 9.59 Å². The van der Waals surface area contributed by atoms with Gasteiger partial charge in [0.2, 0.25) is 0 Å². The summed E-state index contributed by atoms with van der Waals surface area (Å²) in [4.78, 5) is 22.4. The van der Waals surface area contributed by atoms with Crippen molar-refractivity contribution in [3.8, 4) is 0 Å². The molecular weight excluding hydrogens is 256 g/mol. The van der Waals surface area contributed by atoms with Crippen molar-refractivity contribution in [2.45, 2.75) is 52.7 Å². The van der Waals surface area contributed by atoms with Gasteiger partial charge >= 0.3 is 5.97 Å². The summed E-state index contributed by atoms with van der Waals surface area (Å²) < 4.78 is 10.9. The molecule has 0 amide bonds.